The maximum absolute atomic E-state index is 11.9. The zero-order chi connectivity index (χ0) is 16.2. The van der Waals surface area contributed by atoms with Gasteiger partial charge in [0.05, 0.1) is 12.0 Å². The van der Waals surface area contributed by atoms with Crippen LogP contribution in [0.25, 0.3) is 0 Å². The molecule has 1 aromatic heterocycles. The van der Waals surface area contributed by atoms with Crippen molar-refractivity contribution in [3.05, 3.63) is 63.3 Å². The lowest BCUT2D eigenvalue weighted by molar-refractivity contribution is 0.221. The van der Waals surface area contributed by atoms with Crippen LogP contribution in [-0.4, -0.2) is 22.0 Å². The standard InChI is InChI=1S/C16H17ClN4O2/c17-12-3-1-10(2-4-12)8-18-16(23)21-13-5-11(6-13)14-7-15(22)20-9-19-14/h1-4,7,9,11,13H,5-6,8H2,(H2,18,21,23)(H,19,20,22). The molecule has 0 aliphatic heterocycles. The summed E-state index contributed by atoms with van der Waals surface area (Å²) in [7, 11) is 0. The van der Waals surface area contributed by atoms with Crippen molar-refractivity contribution < 1.29 is 4.79 Å². The van der Waals surface area contributed by atoms with Crippen molar-refractivity contribution in [2.75, 3.05) is 0 Å². The summed E-state index contributed by atoms with van der Waals surface area (Å²) in [6.07, 6.45) is 3.01. The van der Waals surface area contributed by atoms with Gasteiger partial charge in [-0.15, -0.1) is 0 Å². The first-order valence-corrected chi connectivity index (χ1v) is 7.81. The zero-order valence-electron chi connectivity index (χ0n) is 12.4. The number of nitrogens with one attached hydrogen (secondary N) is 3. The fraction of sp³-hybridized carbons (Fsp3) is 0.312. The Bertz CT molecular complexity index is 738. The lowest BCUT2D eigenvalue weighted by Gasteiger charge is -2.35. The Kier molecular flexibility index (Phi) is 4.62. The quantitative estimate of drug-likeness (QED) is 0.802. The Morgan fingerprint density at radius 3 is 2.74 bits per heavy atom. The number of carbonyl (C=O) groups excluding carboxylic acids is 1. The SMILES string of the molecule is O=C(NCc1ccc(Cl)cc1)NC1CC(c2cc(=O)[nH]cn2)C1. The van der Waals surface area contributed by atoms with Gasteiger partial charge in [-0.05, 0) is 30.5 Å². The molecule has 1 heterocycles. The summed E-state index contributed by atoms with van der Waals surface area (Å²) in [5.74, 6) is 0.235. The molecule has 23 heavy (non-hydrogen) atoms. The molecule has 0 bridgehead atoms. The molecule has 0 spiro atoms. The van der Waals surface area contributed by atoms with Crippen LogP contribution in [-0.2, 0) is 6.54 Å². The molecule has 2 amide bonds. The maximum atomic E-state index is 11.9. The van der Waals surface area contributed by atoms with Crippen LogP contribution in [0.3, 0.4) is 0 Å². The number of aromatic amines is 1. The Morgan fingerprint density at radius 1 is 1.30 bits per heavy atom. The van der Waals surface area contributed by atoms with Crippen LogP contribution in [0, 0.1) is 0 Å². The molecule has 120 valence electrons. The third-order valence-electron chi connectivity index (χ3n) is 3.96. The summed E-state index contributed by atoms with van der Waals surface area (Å²) in [5, 5.41) is 6.41. The van der Waals surface area contributed by atoms with Gasteiger partial charge in [0.25, 0.3) is 5.56 Å². The lowest BCUT2D eigenvalue weighted by Crippen LogP contribution is -2.47. The third-order valence-corrected chi connectivity index (χ3v) is 4.21. The summed E-state index contributed by atoms with van der Waals surface area (Å²) in [4.78, 5) is 29.8. The second-order valence-corrected chi connectivity index (χ2v) is 6.09. The third kappa shape index (κ3) is 4.10. The van der Waals surface area contributed by atoms with Gasteiger partial charge in [-0.2, -0.15) is 0 Å². The van der Waals surface area contributed by atoms with Crippen LogP contribution in [0.5, 0.6) is 0 Å². The van der Waals surface area contributed by atoms with Gasteiger partial charge in [-0.1, -0.05) is 23.7 Å². The van der Waals surface area contributed by atoms with Crippen molar-refractivity contribution in [1.82, 2.24) is 20.6 Å². The van der Waals surface area contributed by atoms with E-state index in [0.29, 0.717) is 11.6 Å². The number of hydrogen-bond donors (Lipinski definition) is 3. The van der Waals surface area contributed by atoms with E-state index in [1.165, 1.54) is 12.4 Å². The fourth-order valence-corrected chi connectivity index (χ4v) is 2.73. The molecule has 7 heteroatoms. The highest BCUT2D eigenvalue weighted by atomic mass is 35.5. The fourth-order valence-electron chi connectivity index (χ4n) is 2.61. The number of urea groups is 1. The number of hydrogen-bond acceptors (Lipinski definition) is 3. The van der Waals surface area contributed by atoms with E-state index in [1.54, 1.807) is 12.1 Å². The number of benzene rings is 1. The van der Waals surface area contributed by atoms with Crippen LogP contribution in [0.2, 0.25) is 5.02 Å². The average Bonchev–Trinajstić information content (AvgIpc) is 2.50. The van der Waals surface area contributed by atoms with E-state index in [2.05, 4.69) is 20.6 Å². The molecule has 3 N–H and O–H groups in total. The van der Waals surface area contributed by atoms with E-state index in [1.807, 2.05) is 12.1 Å². The molecule has 0 radical (unpaired) electrons. The summed E-state index contributed by atoms with van der Waals surface area (Å²) < 4.78 is 0. The molecule has 1 aromatic carbocycles. The van der Waals surface area contributed by atoms with Gasteiger partial charge in [0.2, 0.25) is 0 Å². The molecule has 1 aliphatic carbocycles. The number of rotatable bonds is 4. The van der Waals surface area contributed by atoms with Crippen LogP contribution < -0.4 is 16.2 Å². The van der Waals surface area contributed by atoms with Crippen LogP contribution in [0.1, 0.15) is 30.0 Å². The van der Waals surface area contributed by atoms with Crippen molar-refractivity contribution in [2.24, 2.45) is 0 Å². The molecule has 1 aliphatic rings. The minimum absolute atomic E-state index is 0.117. The number of nitrogens with zero attached hydrogens (tertiary/aromatic N) is 1. The van der Waals surface area contributed by atoms with Crippen molar-refractivity contribution in [3.8, 4) is 0 Å². The summed E-state index contributed by atoms with van der Waals surface area (Å²) in [6, 6.07) is 8.78. The molecule has 0 unspecified atom stereocenters. The molecule has 1 fully saturated rings. The van der Waals surface area contributed by atoms with Crippen LogP contribution in [0.15, 0.2) is 41.5 Å². The molecule has 2 aromatic rings. The highest BCUT2D eigenvalue weighted by Crippen LogP contribution is 2.35. The van der Waals surface area contributed by atoms with Gasteiger partial charge in [0.15, 0.2) is 0 Å². The van der Waals surface area contributed by atoms with Gasteiger partial charge in [-0.25, -0.2) is 9.78 Å². The number of H-pyrrole nitrogens is 1. The maximum Gasteiger partial charge on any atom is 0.315 e. The normalized spacial score (nSPS) is 19.7. The van der Waals surface area contributed by atoms with E-state index < -0.39 is 0 Å². The molecular formula is C16H17ClN4O2. The largest absolute Gasteiger partial charge is 0.335 e. The van der Waals surface area contributed by atoms with Crippen LogP contribution >= 0.6 is 11.6 Å². The van der Waals surface area contributed by atoms with E-state index in [9.17, 15) is 9.59 Å². The minimum atomic E-state index is -0.192. The van der Waals surface area contributed by atoms with Gasteiger partial charge in [-0.3, -0.25) is 4.79 Å². The monoisotopic (exact) mass is 332 g/mol. The number of carbonyl (C=O) groups is 1. The van der Waals surface area contributed by atoms with E-state index >= 15 is 0 Å². The average molecular weight is 333 g/mol. The highest BCUT2D eigenvalue weighted by Gasteiger charge is 2.32. The van der Waals surface area contributed by atoms with Crippen molar-refractivity contribution in [1.29, 1.82) is 0 Å². The van der Waals surface area contributed by atoms with Crippen LogP contribution in [0.4, 0.5) is 4.79 Å². The molecule has 3 rings (SSSR count). The lowest BCUT2D eigenvalue weighted by atomic mass is 9.78. The van der Waals surface area contributed by atoms with Gasteiger partial charge in [0, 0.05) is 29.6 Å². The Hall–Kier alpha value is -2.34. The zero-order valence-corrected chi connectivity index (χ0v) is 13.1. The van der Waals surface area contributed by atoms with E-state index in [-0.39, 0.29) is 23.6 Å². The Labute approximate surface area is 138 Å². The van der Waals surface area contributed by atoms with Crippen molar-refractivity contribution >= 4 is 17.6 Å². The van der Waals surface area contributed by atoms with Crippen molar-refractivity contribution in [3.63, 3.8) is 0 Å². The van der Waals surface area contributed by atoms with E-state index in [0.717, 1.165) is 24.1 Å². The summed E-state index contributed by atoms with van der Waals surface area (Å²) >= 11 is 5.82. The summed E-state index contributed by atoms with van der Waals surface area (Å²) in [6.45, 7) is 0.453. The number of halogens is 1. The van der Waals surface area contributed by atoms with Gasteiger partial charge >= 0.3 is 6.03 Å². The second kappa shape index (κ2) is 6.83. The predicted molar refractivity (Wildman–Crippen MR) is 87.4 cm³/mol. The number of amides is 2. The first kappa shape index (κ1) is 15.6. The minimum Gasteiger partial charge on any atom is -0.335 e. The second-order valence-electron chi connectivity index (χ2n) is 5.65. The molecule has 6 nitrogen and oxygen atoms in total. The molecule has 0 atom stereocenters. The smallest absolute Gasteiger partial charge is 0.315 e. The molecule has 1 saturated carbocycles. The van der Waals surface area contributed by atoms with Gasteiger partial charge in [0.1, 0.15) is 0 Å². The summed E-state index contributed by atoms with van der Waals surface area (Å²) in [5.41, 5.74) is 1.63. The molecular weight excluding hydrogens is 316 g/mol. The first-order chi connectivity index (χ1) is 11.1. The van der Waals surface area contributed by atoms with Gasteiger partial charge < -0.3 is 15.6 Å². The number of aromatic nitrogens is 2. The van der Waals surface area contributed by atoms with Crippen molar-refractivity contribution in [2.45, 2.75) is 31.3 Å². The first-order valence-electron chi connectivity index (χ1n) is 7.43. The Morgan fingerprint density at radius 2 is 2.04 bits per heavy atom. The highest BCUT2D eigenvalue weighted by molar-refractivity contribution is 6.30. The predicted octanol–water partition coefficient (Wildman–Crippen LogP) is 2.17. The topological polar surface area (TPSA) is 86.9 Å². The molecule has 0 saturated heterocycles. The van der Waals surface area contributed by atoms with E-state index in [4.69, 9.17) is 11.6 Å². The Balaban J connectivity index is 1.42.